The van der Waals surface area contributed by atoms with E-state index in [2.05, 4.69) is 52.5 Å². The standard InChI is InChI=1S/C17H20N2S/c18-10-4-3-6-14-12-19(13-15-7-5-11-20-15)17-9-2-1-8-16(14)17/h1-2,5,7-9,11-12H,3-4,6,10,13,18H2. The summed E-state index contributed by atoms with van der Waals surface area (Å²) in [5, 5.41) is 3.53. The van der Waals surface area contributed by atoms with Crippen LogP contribution in [0.2, 0.25) is 0 Å². The Balaban J connectivity index is 1.91. The Morgan fingerprint density at radius 2 is 1.95 bits per heavy atom. The molecule has 3 aromatic rings. The minimum absolute atomic E-state index is 0.786. The van der Waals surface area contributed by atoms with Crippen molar-refractivity contribution in [3.63, 3.8) is 0 Å². The fraction of sp³-hybridized carbons (Fsp3) is 0.294. The number of thiophene rings is 1. The van der Waals surface area contributed by atoms with E-state index in [-0.39, 0.29) is 0 Å². The van der Waals surface area contributed by atoms with Gasteiger partial charge < -0.3 is 10.3 Å². The van der Waals surface area contributed by atoms with Gasteiger partial charge in [0.05, 0.1) is 6.54 Å². The molecule has 3 rings (SSSR count). The van der Waals surface area contributed by atoms with E-state index in [0.717, 1.165) is 25.9 Å². The molecule has 0 aliphatic rings. The first-order chi connectivity index (χ1) is 9.88. The molecule has 2 nitrogen and oxygen atoms in total. The van der Waals surface area contributed by atoms with Gasteiger partial charge in [0.2, 0.25) is 0 Å². The highest BCUT2D eigenvalue weighted by Gasteiger charge is 2.08. The van der Waals surface area contributed by atoms with Crippen LogP contribution in [0.25, 0.3) is 10.9 Å². The Kier molecular flexibility index (Phi) is 4.19. The van der Waals surface area contributed by atoms with Crippen molar-refractivity contribution in [1.29, 1.82) is 0 Å². The topological polar surface area (TPSA) is 30.9 Å². The Labute approximate surface area is 123 Å². The average Bonchev–Trinajstić information content (AvgIpc) is 3.09. The van der Waals surface area contributed by atoms with Gasteiger partial charge in [-0.25, -0.2) is 0 Å². The van der Waals surface area contributed by atoms with E-state index in [4.69, 9.17) is 5.73 Å². The molecule has 0 bridgehead atoms. The summed E-state index contributed by atoms with van der Waals surface area (Å²) in [6.45, 7) is 1.75. The van der Waals surface area contributed by atoms with E-state index in [1.54, 1.807) is 0 Å². The normalized spacial score (nSPS) is 11.2. The molecule has 0 aliphatic carbocycles. The summed E-state index contributed by atoms with van der Waals surface area (Å²) >= 11 is 1.82. The number of aromatic nitrogens is 1. The third kappa shape index (κ3) is 2.79. The van der Waals surface area contributed by atoms with Crippen LogP contribution in [0.1, 0.15) is 23.3 Å². The molecule has 0 saturated heterocycles. The summed E-state index contributed by atoms with van der Waals surface area (Å²) < 4.78 is 2.37. The van der Waals surface area contributed by atoms with Crippen molar-refractivity contribution in [3.05, 3.63) is 58.4 Å². The van der Waals surface area contributed by atoms with Gasteiger partial charge in [-0.2, -0.15) is 0 Å². The smallest absolute Gasteiger partial charge is 0.0569 e. The molecule has 0 aliphatic heterocycles. The SMILES string of the molecule is NCCCCc1cn(Cc2cccs2)c2ccccc12. The third-order valence-electron chi connectivity index (χ3n) is 3.68. The van der Waals surface area contributed by atoms with Crippen molar-refractivity contribution in [1.82, 2.24) is 4.57 Å². The van der Waals surface area contributed by atoms with Gasteiger partial charge in [-0.1, -0.05) is 24.3 Å². The number of hydrogen-bond acceptors (Lipinski definition) is 2. The maximum Gasteiger partial charge on any atom is 0.0569 e. The first-order valence-corrected chi connectivity index (χ1v) is 8.05. The number of unbranched alkanes of at least 4 members (excludes halogenated alkanes) is 1. The summed E-state index contributed by atoms with van der Waals surface area (Å²) in [7, 11) is 0. The zero-order valence-electron chi connectivity index (χ0n) is 11.6. The summed E-state index contributed by atoms with van der Waals surface area (Å²) in [4.78, 5) is 1.40. The minimum Gasteiger partial charge on any atom is -0.342 e. The largest absolute Gasteiger partial charge is 0.342 e. The lowest BCUT2D eigenvalue weighted by atomic mass is 10.1. The number of aryl methyl sites for hydroxylation is 1. The zero-order valence-corrected chi connectivity index (χ0v) is 12.4. The van der Waals surface area contributed by atoms with E-state index >= 15 is 0 Å². The number of benzene rings is 1. The second-order valence-corrected chi connectivity index (χ2v) is 6.16. The number of rotatable bonds is 6. The van der Waals surface area contributed by atoms with Crippen molar-refractivity contribution in [2.75, 3.05) is 6.54 Å². The Morgan fingerprint density at radius 1 is 1.05 bits per heavy atom. The minimum atomic E-state index is 0.786. The fourth-order valence-electron chi connectivity index (χ4n) is 2.68. The van der Waals surface area contributed by atoms with Crippen molar-refractivity contribution in [2.24, 2.45) is 5.73 Å². The lowest BCUT2D eigenvalue weighted by molar-refractivity contribution is 0.742. The lowest BCUT2D eigenvalue weighted by Gasteiger charge is -2.02. The van der Waals surface area contributed by atoms with Crippen LogP contribution in [0.5, 0.6) is 0 Å². The maximum absolute atomic E-state index is 5.60. The second-order valence-electron chi connectivity index (χ2n) is 5.12. The Morgan fingerprint density at radius 3 is 2.75 bits per heavy atom. The van der Waals surface area contributed by atoms with Gasteiger partial charge >= 0.3 is 0 Å². The molecular weight excluding hydrogens is 264 g/mol. The van der Waals surface area contributed by atoms with Gasteiger partial charge in [-0.3, -0.25) is 0 Å². The third-order valence-corrected chi connectivity index (χ3v) is 4.54. The van der Waals surface area contributed by atoms with E-state index in [1.165, 1.54) is 27.8 Å². The summed E-state index contributed by atoms with van der Waals surface area (Å²) in [5.41, 5.74) is 8.38. The molecule has 0 amide bonds. The molecule has 2 aromatic heterocycles. The molecule has 2 heterocycles. The molecule has 0 fully saturated rings. The van der Waals surface area contributed by atoms with Gasteiger partial charge in [0.1, 0.15) is 0 Å². The number of hydrogen-bond donors (Lipinski definition) is 1. The van der Waals surface area contributed by atoms with E-state index in [1.807, 2.05) is 11.3 Å². The quantitative estimate of drug-likeness (QED) is 0.681. The monoisotopic (exact) mass is 284 g/mol. The number of nitrogens with two attached hydrogens (primary N) is 1. The summed E-state index contributed by atoms with van der Waals surface area (Å²) in [6, 6.07) is 13.0. The van der Waals surface area contributed by atoms with E-state index in [0.29, 0.717) is 0 Å². The maximum atomic E-state index is 5.60. The molecule has 0 unspecified atom stereocenters. The van der Waals surface area contributed by atoms with Crippen molar-refractivity contribution < 1.29 is 0 Å². The molecule has 0 spiro atoms. The van der Waals surface area contributed by atoms with Crippen LogP contribution in [0.3, 0.4) is 0 Å². The highest BCUT2D eigenvalue weighted by atomic mass is 32.1. The highest BCUT2D eigenvalue weighted by Crippen LogP contribution is 2.24. The predicted molar refractivity (Wildman–Crippen MR) is 87.4 cm³/mol. The Bertz CT molecular complexity index is 667. The van der Waals surface area contributed by atoms with Gasteiger partial charge in [0.15, 0.2) is 0 Å². The average molecular weight is 284 g/mol. The molecule has 20 heavy (non-hydrogen) atoms. The van der Waals surface area contributed by atoms with Crippen LogP contribution in [-0.2, 0) is 13.0 Å². The van der Waals surface area contributed by atoms with E-state index in [9.17, 15) is 0 Å². The van der Waals surface area contributed by atoms with Crippen molar-refractivity contribution in [2.45, 2.75) is 25.8 Å². The van der Waals surface area contributed by atoms with Crippen molar-refractivity contribution in [3.8, 4) is 0 Å². The van der Waals surface area contributed by atoms with Crippen LogP contribution in [-0.4, -0.2) is 11.1 Å². The summed E-state index contributed by atoms with van der Waals surface area (Å²) in [6.07, 6.45) is 5.71. The van der Waals surface area contributed by atoms with Gasteiger partial charge in [0.25, 0.3) is 0 Å². The summed E-state index contributed by atoms with van der Waals surface area (Å²) in [5.74, 6) is 0. The molecule has 3 heteroatoms. The molecule has 0 atom stereocenters. The molecule has 0 saturated carbocycles. The lowest BCUT2D eigenvalue weighted by Crippen LogP contribution is -1.99. The van der Waals surface area contributed by atoms with Crippen LogP contribution < -0.4 is 5.73 Å². The molecule has 104 valence electrons. The first-order valence-electron chi connectivity index (χ1n) is 7.17. The van der Waals surface area contributed by atoms with Crippen LogP contribution in [0.15, 0.2) is 48.0 Å². The molecular formula is C17H20N2S. The molecule has 1 aromatic carbocycles. The van der Waals surface area contributed by atoms with Crippen molar-refractivity contribution >= 4 is 22.2 Å². The molecule has 2 N–H and O–H groups in total. The van der Waals surface area contributed by atoms with E-state index < -0.39 is 0 Å². The van der Waals surface area contributed by atoms with Gasteiger partial charge in [-0.05, 0) is 48.9 Å². The van der Waals surface area contributed by atoms with Crippen LogP contribution in [0, 0.1) is 0 Å². The Hall–Kier alpha value is -1.58. The predicted octanol–water partition coefficient (Wildman–Crippen LogP) is 4.03. The van der Waals surface area contributed by atoms with Crippen LogP contribution >= 0.6 is 11.3 Å². The molecule has 0 radical (unpaired) electrons. The number of nitrogens with zero attached hydrogens (tertiary/aromatic N) is 1. The number of para-hydroxylation sites is 1. The second kappa shape index (κ2) is 6.25. The van der Waals surface area contributed by atoms with Gasteiger partial charge in [-0.15, -0.1) is 11.3 Å². The number of fused-ring (bicyclic) bond motifs is 1. The van der Waals surface area contributed by atoms with Crippen LogP contribution in [0.4, 0.5) is 0 Å². The zero-order chi connectivity index (χ0) is 13.8. The fourth-order valence-corrected chi connectivity index (χ4v) is 3.39. The van der Waals surface area contributed by atoms with Gasteiger partial charge in [0, 0.05) is 22.0 Å². The first kappa shape index (κ1) is 13.4. The highest BCUT2D eigenvalue weighted by molar-refractivity contribution is 7.09.